The summed E-state index contributed by atoms with van der Waals surface area (Å²) < 4.78 is 9.64. The summed E-state index contributed by atoms with van der Waals surface area (Å²) in [6.07, 6.45) is 5.96. The van der Waals surface area contributed by atoms with Crippen LogP contribution in [0.25, 0.3) is 6.08 Å². The first kappa shape index (κ1) is 14.9. The summed E-state index contributed by atoms with van der Waals surface area (Å²) >= 11 is 0. The second-order valence-electron chi connectivity index (χ2n) is 3.67. The van der Waals surface area contributed by atoms with E-state index in [1.807, 2.05) is 0 Å². The first-order chi connectivity index (χ1) is 9.13. The van der Waals surface area contributed by atoms with Crippen molar-refractivity contribution in [3.63, 3.8) is 0 Å². The number of hydrogen-bond acceptors (Lipinski definition) is 5. The molecule has 0 saturated carbocycles. The molecule has 0 spiro atoms. The fourth-order valence-electron chi connectivity index (χ4n) is 1.28. The summed E-state index contributed by atoms with van der Waals surface area (Å²) in [6.45, 7) is 1.80. The predicted octanol–water partition coefficient (Wildman–Crippen LogP) is 1.73. The molecule has 0 aliphatic rings. The van der Waals surface area contributed by atoms with Crippen LogP contribution < -0.4 is 0 Å². The lowest BCUT2D eigenvalue weighted by Crippen LogP contribution is -2.25. The SMILES string of the molecule is CCOC(=O)[C@@H](O)CC(=O)/C=C/C=C/c1ccco1. The van der Waals surface area contributed by atoms with Crippen molar-refractivity contribution in [3.05, 3.63) is 42.4 Å². The van der Waals surface area contributed by atoms with Crippen molar-refractivity contribution in [3.8, 4) is 0 Å². The van der Waals surface area contributed by atoms with Gasteiger partial charge in [0.2, 0.25) is 0 Å². The Bertz CT molecular complexity index is 456. The molecule has 5 heteroatoms. The molecule has 1 N–H and O–H groups in total. The monoisotopic (exact) mass is 264 g/mol. The average molecular weight is 264 g/mol. The zero-order valence-electron chi connectivity index (χ0n) is 10.6. The average Bonchev–Trinajstić information content (AvgIpc) is 2.88. The van der Waals surface area contributed by atoms with Crippen LogP contribution >= 0.6 is 0 Å². The second kappa shape index (κ2) is 8.05. The van der Waals surface area contributed by atoms with Crippen molar-refractivity contribution < 1.29 is 23.8 Å². The van der Waals surface area contributed by atoms with E-state index >= 15 is 0 Å². The van der Waals surface area contributed by atoms with Crippen molar-refractivity contribution in [2.24, 2.45) is 0 Å². The maximum Gasteiger partial charge on any atom is 0.335 e. The number of carbonyl (C=O) groups excluding carboxylic acids is 2. The van der Waals surface area contributed by atoms with Crippen LogP contribution in [0.4, 0.5) is 0 Å². The molecule has 1 aromatic heterocycles. The molecule has 0 saturated heterocycles. The third kappa shape index (κ3) is 5.83. The van der Waals surface area contributed by atoms with Crippen LogP contribution in [0.5, 0.6) is 0 Å². The molecule has 0 unspecified atom stereocenters. The number of furan rings is 1. The van der Waals surface area contributed by atoms with Gasteiger partial charge >= 0.3 is 5.97 Å². The molecule has 19 heavy (non-hydrogen) atoms. The van der Waals surface area contributed by atoms with Crippen LogP contribution in [0.3, 0.4) is 0 Å². The van der Waals surface area contributed by atoms with Crippen molar-refractivity contribution in [1.29, 1.82) is 0 Å². The molecular formula is C14H16O5. The van der Waals surface area contributed by atoms with Gasteiger partial charge in [0.05, 0.1) is 12.9 Å². The van der Waals surface area contributed by atoms with Gasteiger partial charge in [-0.25, -0.2) is 4.79 Å². The quantitative estimate of drug-likeness (QED) is 0.461. The number of aliphatic hydroxyl groups is 1. The van der Waals surface area contributed by atoms with Gasteiger partial charge in [0.25, 0.3) is 0 Å². The fraction of sp³-hybridized carbons (Fsp3) is 0.286. The van der Waals surface area contributed by atoms with Crippen LogP contribution in [-0.4, -0.2) is 29.6 Å². The van der Waals surface area contributed by atoms with E-state index in [1.165, 1.54) is 12.2 Å². The van der Waals surface area contributed by atoms with Gasteiger partial charge in [0.1, 0.15) is 5.76 Å². The molecule has 1 atom stereocenters. The number of ether oxygens (including phenoxy) is 1. The van der Waals surface area contributed by atoms with E-state index in [1.54, 1.807) is 37.5 Å². The molecule has 1 rings (SSSR count). The minimum atomic E-state index is -1.41. The molecule has 0 radical (unpaired) electrons. The topological polar surface area (TPSA) is 76.7 Å². The molecule has 0 amide bonds. The van der Waals surface area contributed by atoms with E-state index < -0.39 is 12.1 Å². The molecule has 1 heterocycles. The number of carbonyl (C=O) groups is 2. The van der Waals surface area contributed by atoms with E-state index in [0.29, 0.717) is 5.76 Å². The first-order valence-electron chi connectivity index (χ1n) is 5.89. The van der Waals surface area contributed by atoms with E-state index in [9.17, 15) is 14.7 Å². The lowest BCUT2D eigenvalue weighted by atomic mass is 10.1. The highest BCUT2D eigenvalue weighted by atomic mass is 16.5. The van der Waals surface area contributed by atoms with E-state index in [0.717, 1.165) is 0 Å². The van der Waals surface area contributed by atoms with Crippen LogP contribution in [-0.2, 0) is 14.3 Å². The van der Waals surface area contributed by atoms with Crippen LogP contribution in [0.15, 0.2) is 41.0 Å². The summed E-state index contributed by atoms with van der Waals surface area (Å²) in [6, 6.07) is 3.53. The number of esters is 1. The fourth-order valence-corrected chi connectivity index (χ4v) is 1.28. The Kier molecular flexibility index (Phi) is 6.32. The van der Waals surface area contributed by atoms with Gasteiger partial charge in [-0.2, -0.15) is 0 Å². The highest BCUT2D eigenvalue weighted by Gasteiger charge is 2.18. The molecular weight excluding hydrogens is 248 g/mol. The van der Waals surface area contributed by atoms with Crippen molar-refractivity contribution in [1.82, 2.24) is 0 Å². The highest BCUT2D eigenvalue weighted by Crippen LogP contribution is 2.02. The van der Waals surface area contributed by atoms with E-state index in [-0.39, 0.29) is 18.8 Å². The number of allylic oxidation sites excluding steroid dienone is 3. The Morgan fingerprint density at radius 3 is 2.89 bits per heavy atom. The van der Waals surface area contributed by atoms with Crippen molar-refractivity contribution in [2.45, 2.75) is 19.4 Å². The minimum absolute atomic E-state index is 0.172. The van der Waals surface area contributed by atoms with Gasteiger partial charge in [0.15, 0.2) is 11.9 Å². The van der Waals surface area contributed by atoms with Gasteiger partial charge in [0, 0.05) is 6.42 Å². The van der Waals surface area contributed by atoms with Crippen molar-refractivity contribution in [2.75, 3.05) is 6.61 Å². The maximum absolute atomic E-state index is 11.4. The zero-order chi connectivity index (χ0) is 14.1. The summed E-state index contributed by atoms with van der Waals surface area (Å²) in [5, 5.41) is 9.36. The predicted molar refractivity (Wildman–Crippen MR) is 69.1 cm³/mol. The van der Waals surface area contributed by atoms with Crippen LogP contribution in [0.2, 0.25) is 0 Å². The third-order valence-corrected chi connectivity index (χ3v) is 2.15. The lowest BCUT2D eigenvalue weighted by molar-refractivity contribution is -0.154. The number of ketones is 1. The molecule has 0 aromatic carbocycles. The molecule has 102 valence electrons. The minimum Gasteiger partial charge on any atom is -0.465 e. The smallest absolute Gasteiger partial charge is 0.335 e. The highest BCUT2D eigenvalue weighted by molar-refractivity contribution is 5.93. The van der Waals surface area contributed by atoms with Gasteiger partial charge in [-0.05, 0) is 31.2 Å². The molecule has 1 aromatic rings. The number of aliphatic hydroxyl groups excluding tert-OH is 1. The van der Waals surface area contributed by atoms with E-state index in [2.05, 4.69) is 4.74 Å². The van der Waals surface area contributed by atoms with Gasteiger partial charge in [-0.1, -0.05) is 12.2 Å². The first-order valence-corrected chi connectivity index (χ1v) is 5.89. The standard InChI is InChI=1S/C14H16O5/c1-2-18-14(17)13(16)10-11(15)6-3-4-7-12-8-5-9-19-12/h3-9,13,16H,2,10H2,1H3/b6-3+,7-4+/t13-/m0/s1. The summed E-state index contributed by atoms with van der Waals surface area (Å²) in [5.41, 5.74) is 0. The summed E-state index contributed by atoms with van der Waals surface area (Å²) in [5.74, 6) is -0.469. The lowest BCUT2D eigenvalue weighted by Gasteiger charge is -2.06. The largest absolute Gasteiger partial charge is 0.465 e. The maximum atomic E-state index is 11.4. The Labute approximate surface area is 111 Å². The Morgan fingerprint density at radius 2 is 2.26 bits per heavy atom. The van der Waals surface area contributed by atoms with Gasteiger partial charge in [-0.15, -0.1) is 0 Å². The van der Waals surface area contributed by atoms with Crippen LogP contribution in [0.1, 0.15) is 19.1 Å². The number of rotatable bonds is 7. The Morgan fingerprint density at radius 1 is 1.47 bits per heavy atom. The molecule has 0 fully saturated rings. The van der Waals surface area contributed by atoms with Gasteiger partial charge in [-0.3, -0.25) is 4.79 Å². The second-order valence-corrected chi connectivity index (χ2v) is 3.67. The summed E-state index contributed by atoms with van der Waals surface area (Å²) in [7, 11) is 0. The zero-order valence-corrected chi connectivity index (χ0v) is 10.6. The Balaban J connectivity index is 2.36. The van der Waals surface area contributed by atoms with Crippen LogP contribution in [0, 0.1) is 0 Å². The molecule has 0 aliphatic carbocycles. The normalized spacial score (nSPS) is 12.9. The van der Waals surface area contributed by atoms with Crippen molar-refractivity contribution >= 4 is 17.8 Å². The molecule has 0 bridgehead atoms. The van der Waals surface area contributed by atoms with E-state index in [4.69, 9.17) is 4.42 Å². The molecule has 5 nitrogen and oxygen atoms in total. The summed E-state index contributed by atoms with van der Waals surface area (Å²) in [4.78, 5) is 22.5. The number of hydrogen-bond donors (Lipinski definition) is 1. The Hall–Kier alpha value is -2.14. The van der Waals surface area contributed by atoms with Gasteiger partial charge < -0.3 is 14.3 Å². The molecule has 0 aliphatic heterocycles. The third-order valence-electron chi connectivity index (χ3n) is 2.15.